The average Bonchev–Trinajstić information content (AvgIpc) is 2.90. The van der Waals surface area contributed by atoms with Crippen LogP contribution in [0.2, 0.25) is 0 Å². The first kappa shape index (κ1) is 14.6. The van der Waals surface area contributed by atoms with Crippen molar-refractivity contribution >= 4 is 17.6 Å². The van der Waals surface area contributed by atoms with Crippen molar-refractivity contribution in [3.05, 3.63) is 0 Å². The summed E-state index contributed by atoms with van der Waals surface area (Å²) < 4.78 is 41.7. The van der Waals surface area contributed by atoms with E-state index in [-0.39, 0.29) is 24.9 Å². The van der Waals surface area contributed by atoms with E-state index in [0.717, 1.165) is 0 Å². The van der Waals surface area contributed by atoms with Crippen LogP contribution < -0.4 is 0 Å². The van der Waals surface area contributed by atoms with Crippen LogP contribution in [0.15, 0.2) is 0 Å². The molecule has 0 spiro atoms. The predicted octanol–water partition coefficient (Wildman–Crippen LogP) is 3.38. The van der Waals surface area contributed by atoms with Gasteiger partial charge in [-0.15, -0.1) is 11.6 Å². The Kier molecular flexibility index (Phi) is 4.69. The highest BCUT2D eigenvalue weighted by Crippen LogP contribution is 2.53. The first-order valence-corrected chi connectivity index (χ1v) is 6.13. The molecule has 1 aliphatic carbocycles. The number of carbonyl (C=O) groups excluding carboxylic acids is 1. The lowest BCUT2D eigenvalue weighted by atomic mass is 10.1. The van der Waals surface area contributed by atoms with Crippen LogP contribution >= 0.6 is 11.6 Å². The normalized spacial score (nSPS) is 29.9. The van der Waals surface area contributed by atoms with Gasteiger partial charge >= 0.3 is 12.1 Å². The Morgan fingerprint density at radius 1 is 1.35 bits per heavy atom. The smallest absolute Gasteiger partial charge is 0.404 e. The number of carbonyl (C=O) groups is 1. The summed E-state index contributed by atoms with van der Waals surface area (Å²) in [7, 11) is 0. The Bertz CT molecular complexity index is 280. The molecule has 6 heteroatoms. The third kappa shape index (κ3) is 3.50. The zero-order valence-electron chi connectivity index (χ0n) is 9.76. The van der Waals surface area contributed by atoms with Crippen molar-refractivity contribution < 1.29 is 22.7 Å². The predicted molar refractivity (Wildman–Crippen MR) is 57.7 cm³/mol. The third-order valence-electron chi connectivity index (χ3n) is 3.20. The zero-order valence-corrected chi connectivity index (χ0v) is 10.5. The molecule has 4 unspecified atom stereocenters. The van der Waals surface area contributed by atoms with Gasteiger partial charge in [0.15, 0.2) is 0 Å². The highest BCUT2D eigenvalue weighted by molar-refractivity contribution is 6.21. The summed E-state index contributed by atoms with van der Waals surface area (Å²) in [4.78, 5) is 11.5. The Balaban J connectivity index is 2.52. The molecular formula is C11H16ClF3O2. The summed E-state index contributed by atoms with van der Waals surface area (Å²) in [5.74, 6) is -1.10. The Morgan fingerprint density at radius 2 is 1.94 bits per heavy atom. The van der Waals surface area contributed by atoms with Crippen molar-refractivity contribution in [2.24, 2.45) is 17.8 Å². The number of alkyl halides is 4. The third-order valence-corrected chi connectivity index (χ3v) is 3.62. The lowest BCUT2D eigenvalue weighted by molar-refractivity contribution is -0.146. The summed E-state index contributed by atoms with van der Waals surface area (Å²) in [5, 5.41) is -1.87. The lowest BCUT2D eigenvalue weighted by Gasteiger charge is -2.13. The first-order chi connectivity index (χ1) is 7.82. The van der Waals surface area contributed by atoms with Crippen LogP contribution in [0.1, 0.15) is 26.7 Å². The quantitative estimate of drug-likeness (QED) is 0.566. The number of hydrogen-bond donors (Lipinski definition) is 0. The van der Waals surface area contributed by atoms with Gasteiger partial charge < -0.3 is 4.74 Å². The highest BCUT2D eigenvalue weighted by Gasteiger charge is 2.56. The van der Waals surface area contributed by atoms with E-state index in [4.69, 9.17) is 16.3 Å². The molecule has 0 aliphatic heterocycles. The van der Waals surface area contributed by atoms with Crippen LogP contribution in [0.4, 0.5) is 13.2 Å². The minimum Gasteiger partial charge on any atom is -0.466 e. The zero-order chi connectivity index (χ0) is 13.2. The second kappa shape index (κ2) is 5.46. The second-order valence-corrected chi connectivity index (χ2v) is 4.79. The molecule has 0 N–H and O–H groups in total. The van der Waals surface area contributed by atoms with Gasteiger partial charge in [-0.3, -0.25) is 4.79 Å². The summed E-state index contributed by atoms with van der Waals surface area (Å²) in [6, 6.07) is 0. The standard InChI is InChI=1S/C11H16ClF3O2/c1-3-6-7(5-8(12)11(13,14)15)9(6)10(16)17-4-2/h6-9H,3-5H2,1-2H3. The molecule has 0 saturated heterocycles. The van der Waals surface area contributed by atoms with E-state index in [2.05, 4.69) is 0 Å². The fraction of sp³-hybridized carbons (Fsp3) is 0.909. The summed E-state index contributed by atoms with van der Waals surface area (Å²) >= 11 is 5.28. The molecular weight excluding hydrogens is 257 g/mol. The van der Waals surface area contributed by atoms with Crippen molar-refractivity contribution in [1.29, 1.82) is 0 Å². The summed E-state index contributed by atoms with van der Waals surface area (Å²) in [6.45, 7) is 3.78. The summed E-state index contributed by atoms with van der Waals surface area (Å²) in [6.07, 6.45) is -3.93. The van der Waals surface area contributed by atoms with E-state index in [1.165, 1.54) is 0 Å². The van der Waals surface area contributed by atoms with Gasteiger partial charge in [-0.25, -0.2) is 0 Å². The highest BCUT2D eigenvalue weighted by atomic mass is 35.5. The second-order valence-electron chi connectivity index (χ2n) is 4.26. The number of ether oxygens (including phenoxy) is 1. The maximum absolute atomic E-state index is 12.3. The molecule has 0 heterocycles. The molecule has 100 valence electrons. The van der Waals surface area contributed by atoms with Crippen LogP contribution in [-0.4, -0.2) is 24.1 Å². The Labute approximate surface area is 103 Å². The van der Waals surface area contributed by atoms with Gasteiger partial charge in [0.1, 0.15) is 5.38 Å². The molecule has 1 saturated carbocycles. The van der Waals surface area contributed by atoms with Crippen LogP contribution in [0.3, 0.4) is 0 Å². The molecule has 0 aromatic rings. The minimum atomic E-state index is -4.40. The molecule has 0 aromatic carbocycles. The molecule has 1 aliphatic rings. The van der Waals surface area contributed by atoms with Crippen molar-refractivity contribution in [2.45, 2.75) is 38.2 Å². The maximum Gasteiger partial charge on any atom is 0.404 e. The molecule has 1 fully saturated rings. The molecule has 2 nitrogen and oxygen atoms in total. The minimum absolute atomic E-state index is 0.0161. The molecule has 0 bridgehead atoms. The largest absolute Gasteiger partial charge is 0.466 e. The number of esters is 1. The Hall–Kier alpha value is -0.450. The van der Waals surface area contributed by atoms with E-state index in [1.807, 2.05) is 6.92 Å². The molecule has 4 atom stereocenters. The molecule has 0 amide bonds. The van der Waals surface area contributed by atoms with Crippen LogP contribution in [0, 0.1) is 17.8 Å². The maximum atomic E-state index is 12.3. The van der Waals surface area contributed by atoms with Crippen LogP contribution in [-0.2, 0) is 9.53 Å². The summed E-state index contributed by atoms with van der Waals surface area (Å²) in [5.41, 5.74) is 0. The van der Waals surface area contributed by atoms with Gasteiger partial charge in [-0.05, 0) is 25.2 Å². The first-order valence-electron chi connectivity index (χ1n) is 5.70. The molecule has 0 radical (unpaired) electrons. The van der Waals surface area contributed by atoms with Gasteiger partial charge in [0.2, 0.25) is 0 Å². The van der Waals surface area contributed by atoms with Gasteiger partial charge in [0.25, 0.3) is 0 Å². The monoisotopic (exact) mass is 272 g/mol. The van der Waals surface area contributed by atoms with Gasteiger partial charge in [0, 0.05) is 0 Å². The number of rotatable bonds is 5. The molecule has 0 aromatic heterocycles. The van der Waals surface area contributed by atoms with Crippen LogP contribution in [0.25, 0.3) is 0 Å². The van der Waals surface area contributed by atoms with Crippen LogP contribution in [0.5, 0.6) is 0 Å². The van der Waals surface area contributed by atoms with Crippen molar-refractivity contribution in [3.8, 4) is 0 Å². The van der Waals surface area contributed by atoms with Crippen molar-refractivity contribution in [2.75, 3.05) is 6.61 Å². The average molecular weight is 273 g/mol. The molecule has 17 heavy (non-hydrogen) atoms. The van der Waals surface area contributed by atoms with E-state index < -0.39 is 23.4 Å². The molecule has 1 rings (SSSR count). The van der Waals surface area contributed by atoms with Gasteiger partial charge in [0.05, 0.1) is 12.5 Å². The van der Waals surface area contributed by atoms with Crippen molar-refractivity contribution in [3.63, 3.8) is 0 Å². The lowest BCUT2D eigenvalue weighted by Crippen LogP contribution is -2.24. The fourth-order valence-corrected chi connectivity index (χ4v) is 2.49. The Morgan fingerprint density at radius 3 is 2.35 bits per heavy atom. The number of halogens is 4. The van der Waals surface area contributed by atoms with Gasteiger partial charge in [-0.2, -0.15) is 13.2 Å². The van der Waals surface area contributed by atoms with Gasteiger partial charge in [-0.1, -0.05) is 13.3 Å². The van der Waals surface area contributed by atoms with E-state index >= 15 is 0 Å². The van der Waals surface area contributed by atoms with Crippen molar-refractivity contribution in [1.82, 2.24) is 0 Å². The van der Waals surface area contributed by atoms with E-state index in [9.17, 15) is 18.0 Å². The SMILES string of the molecule is CCOC(=O)C1C(CC)C1CC(Cl)C(F)(F)F. The fourth-order valence-electron chi connectivity index (χ4n) is 2.28. The van der Waals surface area contributed by atoms with E-state index in [1.54, 1.807) is 6.92 Å². The topological polar surface area (TPSA) is 26.3 Å². The van der Waals surface area contributed by atoms with E-state index in [0.29, 0.717) is 6.42 Å². The number of hydrogen-bond acceptors (Lipinski definition) is 2.